The molecule has 0 aromatic carbocycles. The van der Waals surface area contributed by atoms with Gasteiger partial charge in [-0.15, -0.1) is 0 Å². The number of amides is 1. The molecule has 4 saturated carbocycles. The number of hydrogen-bond donors (Lipinski definition) is 1. The second-order valence-electron chi connectivity index (χ2n) is 9.00. The summed E-state index contributed by atoms with van der Waals surface area (Å²) in [6, 6.07) is 3.34. The number of carbonyl (C=O) groups excluding carboxylic acids is 2. The van der Waals surface area contributed by atoms with E-state index in [9.17, 15) is 14.8 Å². The van der Waals surface area contributed by atoms with E-state index in [1.165, 1.54) is 25.9 Å². The van der Waals surface area contributed by atoms with Crippen LogP contribution in [0.5, 0.6) is 0 Å². The molecule has 0 saturated heterocycles. The smallest absolute Gasteiger partial charge is 0.408 e. The van der Waals surface area contributed by atoms with Crippen LogP contribution in [0.25, 0.3) is 0 Å². The number of rotatable bonds is 5. The third-order valence-electron chi connectivity index (χ3n) is 6.79. The van der Waals surface area contributed by atoms with Gasteiger partial charge in [0.1, 0.15) is 11.6 Å². The maximum absolute atomic E-state index is 12.7. The molecule has 4 fully saturated rings. The normalized spacial score (nSPS) is 32.4. The van der Waals surface area contributed by atoms with Crippen LogP contribution in [0, 0.1) is 28.9 Å². The molecule has 1 atom stereocenters. The molecular weight excluding hydrogens is 360 g/mol. The molecule has 0 radical (unpaired) electrons. The summed E-state index contributed by atoms with van der Waals surface area (Å²) >= 11 is 0. The number of hydrogen-bond acceptors (Lipinski definition) is 5. The number of methoxy groups -OCH3 is 1. The standard InChI is InChI=1S/C21H28N2O5/c1-21(19(24)27-2,11-13-4-3-5-23(26)12-13)22-20(25)28-18-16-7-14-6-15(9-16)10-17(18)8-14/h3-5,12,14-18H,6-11H2,1-2H3,(H,22,25). The lowest BCUT2D eigenvalue weighted by molar-refractivity contribution is -0.605. The van der Waals surface area contributed by atoms with E-state index in [0.29, 0.717) is 22.1 Å². The third kappa shape index (κ3) is 3.66. The Bertz CT molecular complexity index is 739. The van der Waals surface area contributed by atoms with Gasteiger partial charge < -0.3 is 20.0 Å². The molecule has 7 heteroatoms. The highest BCUT2D eigenvalue weighted by atomic mass is 16.6. The fraction of sp³-hybridized carbons (Fsp3) is 0.667. The monoisotopic (exact) mass is 388 g/mol. The average Bonchev–Trinajstić information content (AvgIpc) is 2.63. The maximum atomic E-state index is 12.7. The zero-order chi connectivity index (χ0) is 19.9. The summed E-state index contributed by atoms with van der Waals surface area (Å²) < 4.78 is 11.4. The Kier molecular flexibility index (Phi) is 4.93. The highest BCUT2D eigenvalue weighted by Gasteiger charge is 2.50. The quantitative estimate of drug-likeness (QED) is 0.475. The topological polar surface area (TPSA) is 91.6 Å². The molecule has 1 amide bonds. The van der Waals surface area contributed by atoms with Crippen LogP contribution in [0.2, 0.25) is 0 Å². The van der Waals surface area contributed by atoms with Crippen molar-refractivity contribution in [2.45, 2.75) is 57.1 Å². The predicted molar refractivity (Wildman–Crippen MR) is 100.0 cm³/mol. The van der Waals surface area contributed by atoms with Gasteiger partial charge in [0, 0.05) is 18.1 Å². The predicted octanol–water partition coefficient (Wildman–Crippen LogP) is 2.35. The van der Waals surface area contributed by atoms with Gasteiger partial charge in [0.2, 0.25) is 0 Å². The minimum atomic E-state index is -1.31. The molecule has 1 N–H and O–H groups in total. The molecule has 4 bridgehead atoms. The number of alkyl carbamates (subject to hydrolysis) is 1. The first-order valence-electron chi connectivity index (χ1n) is 10.1. The van der Waals surface area contributed by atoms with Gasteiger partial charge in [0.05, 0.1) is 7.11 Å². The molecule has 28 heavy (non-hydrogen) atoms. The molecule has 0 aliphatic heterocycles. The SMILES string of the molecule is COC(=O)C(C)(Cc1ccc[n+]([O-])c1)NC(=O)OC1C2CC3CC(C2)CC1C3. The van der Waals surface area contributed by atoms with Crippen LogP contribution < -0.4 is 10.0 Å². The molecule has 1 aromatic rings. The minimum Gasteiger partial charge on any atom is -0.619 e. The van der Waals surface area contributed by atoms with Crippen LogP contribution in [0.15, 0.2) is 24.5 Å². The van der Waals surface area contributed by atoms with E-state index >= 15 is 0 Å². The molecule has 0 spiro atoms. The van der Waals surface area contributed by atoms with Crippen LogP contribution in [0.3, 0.4) is 0 Å². The van der Waals surface area contributed by atoms with E-state index in [2.05, 4.69) is 5.32 Å². The van der Waals surface area contributed by atoms with Gasteiger partial charge in [-0.2, -0.15) is 4.73 Å². The maximum Gasteiger partial charge on any atom is 0.408 e. The van der Waals surface area contributed by atoms with Crippen molar-refractivity contribution in [3.63, 3.8) is 0 Å². The largest absolute Gasteiger partial charge is 0.619 e. The van der Waals surface area contributed by atoms with Crippen molar-refractivity contribution in [1.29, 1.82) is 0 Å². The number of ether oxygens (including phenoxy) is 2. The van der Waals surface area contributed by atoms with Gasteiger partial charge in [-0.05, 0) is 68.8 Å². The first-order chi connectivity index (χ1) is 13.4. The fourth-order valence-corrected chi connectivity index (χ4v) is 5.85. The Labute approximate surface area is 165 Å². The molecule has 1 heterocycles. The summed E-state index contributed by atoms with van der Waals surface area (Å²) in [5.41, 5.74) is -0.688. The number of nitrogens with one attached hydrogen (secondary N) is 1. The lowest BCUT2D eigenvalue weighted by Gasteiger charge is -2.53. The minimum absolute atomic E-state index is 0.0600. The van der Waals surface area contributed by atoms with Crippen molar-refractivity contribution in [3.8, 4) is 0 Å². The van der Waals surface area contributed by atoms with Crippen LogP contribution in [0.4, 0.5) is 4.79 Å². The van der Waals surface area contributed by atoms with E-state index in [-0.39, 0.29) is 12.5 Å². The van der Waals surface area contributed by atoms with Crippen LogP contribution in [0.1, 0.15) is 44.6 Å². The van der Waals surface area contributed by atoms with Crippen molar-refractivity contribution in [3.05, 3.63) is 35.3 Å². The van der Waals surface area contributed by atoms with E-state index in [4.69, 9.17) is 9.47 Å². The number of aromatic nitrogens is 1. The molecule has 1 aromatic heterocycles. The molecule has 5 rings (SSSR count). The van der Waals surface area contributed by atoms with Crippen molar-refractivity contribution in [1.82, 2.24) is 5.32 Å². The van der Waals surface area contributed by atoms with Crippen molar-refractivity contribution in [2.24, 2.45) is 23.7 Å². The van der Waals surface area contributed by atoms with E-state index in [0.717, 1.165) is 37.5 Å². The van der Waals surface area contributed by atoms with Crippen LogP contribution in [-0.2, 0) is 20.7 Å². The van der Waals surface area contributed by atoms with Crippen LogP contribution in [-0.4, -0.2) is 30.8 Å². The molecule has 4 aliphatic rings. The van der Waals surface area contributed by atoms with Crippen molar-refractivity contribution >= 4 is 12.1 Å². The first-order valence-corrected chi connectivity index (χ1v) is 10.1. The molecule has 4 aliphatic carbocycles. The lowest BCUT2D eigenvalue weighted by atomic mass is 9.55. The Morgan fingerprint density at radius 2 is 1.86 bits per heavy atom. The molecule has 152 valence electrons. The highest BCUT2D eigenvalue weighted by molar-refractivity contribution is 5.85. The summed E-state index contributed by atoms with van der Waals surface area (Å²) in [7, 11) is 1.28. The number of esters is 1. The zero-order valence-electron chi connectivity index (χ0n) is 16.4. The third-order valence-corrected chi connectivity index (χ3v) is 6.79. The van der Waals surface area contributed by atoms with Gasteiger partial charge in [0.15, 0.2) is 12.4 Å². The average molecular weight is 388 g/mol. The van der Waals surface area contributed by atoms with E-state index in [1.54, 1.807) is 19.1 Å². The van der Waals surface area contributed by atoms with Gasteiger partial charge in [-0.1, -0.05) is 0 Å². The van der Waals surface area contributed by atoms with Crippen LogP contribution >= 0.6 is 0 Å². The second-order valence-corrected chi connectivity index (χ2v) is 9.00. The number of pyridine rings is 1. The Morgan fingerprint density at radius 3 is 2.43 bits per heavy atom. The molecule has 1 unspecified atom stereocenters. The van der Waals surface area contributed by atoms with Gasteiger partial charge in [0.25, 0.3) is 0 Å². The highest BCUT2D eigenvalue weighted by Crippen LogP contribution is 2.54. The summed E-state index contributed by atoms with van der Waals surface area (Å²) in [5.74, 6) is 1.90. The van der Waals surface area contributed by atoms with Gasteiger partial charge in [-0.25, -0.2) is 9.59 Å². The lowest BCUT2D eigenvalue weighted by Crippen LogP contribution is -2.57. The van der Waals surface area contributed by atoms with Crippen molar-refractivity contribution < 1.29 is 23.8 Å². The summed E-state index contributed by atoms with van der Waals surface area (Å²) in [5, 5.41) is 14.3. The van der Waals surface area contributed by atoms with Gasteiger partial charge in [-0.3, -0.25) is 0 Å². The van der Waals surface area contributed by atoms with Crippen molar-refractivity contribution in [2.75, 3.05) is 7.11 Å². The number of nitrogens with zero attached hydrogens (tertiary/aromatic N) is 1. The van der Waals surface area contributed by atoms with Gasteiger partial charge >= 0.3 is 12.1 Å². The Hall–Kier alpha value is -2.31. The zero-order valence-corrected chi connectivity index (χ0v) is 16.4. The number of carbonyl (C=O) groups is 2. The van der Waals surface area contributed by atoms with E-state index in [1.807, 2.05) is 0 Å². The Morgan fingerprint density at radius 1 is 1.21 bits per heavy atom. The summed E-state index contributed by atoms with van der Waals surface area (Å²) in [6.07, 6.45) is 8.16. The molecular formula is C21H28N2O5. The summed E-state index contributed by atoms with van der Waals surface area (Å²) in [4.78, 5) is 25.1. The summed E-state index contributed by atoms with van der Waals surface area (Å²) in [6.45, 7) is 1.60. The first kappa shape index (κ1) is 19.0. The second kappa shape index (κ2) is 7.26. The molecule has 7 nitrogen and oxygen atoms in total. The van der Waals surface area contributed by atoms with E-state index < -0.39 is 17.6 Å². The fourth-order valence-electron chi connectivity index (χ4n) is 5.85. The Balaban J connectivity index is 1.44.